The fourth-order valence-corrected chi connectivity index (χ4v) is 2.88. The molecule has 1 aromatic heterocycles. The molecule has 3 rings (SSSR count). The molecule has 0 radical (unpaired) electrons. The maximum Gasteiger partial charge on any atom is 0.0645 e. The number of hydrogen-bond acceptors (Lipinski definition) is 3. The zero-order chi connectivity index (χ0) is 14.7. The van der Waals surface area contributed by atoms with E-state index in [0.29, 0.717) is 5.54 Å². The summed E-state index contributed by atoms with van der Waals surface area (Å²) in [7, 11) is 2.07. The number of rotatable bonds is 4. The monoisotopic (exact) mass is 284 g/mol. The van der Waals surface area contributed by atoms with Gasteiger partial charge in [0.25, 0.3) is 0 Å². The lowest BCUT2D eigenvalue weighted by Crippen LogP contribution is -2.49. The average molecular weight is 284 g/mol. The summed E-state index contributed by atoms with van der Waals surface area (Å²) in [6.07, 6.45) is 6.53. The minimum absolute atomic E-state index is 0.310. The minimum atomic E-state index is 0.310. The van der Waals surface area contributed by atoms with Crippen LogP contribution in [0.25, 0.3) is 5.69 Å². The van der Waals surface area contributed by atoms with Crippen molar-refractivity contribution in [1.82, 2.24) is 20.0 Å². The van der Waals surface area contributed by atoms with Crippen LogP contribution < -0.4 is 5.32 Å². The van der Waals surface area contributed by atoms with Gasteiger partial charge in [0.1, 0.15) is 0 Å². The molecule has 0 unspecified atom stereocenters. The molecule has 1 aliphatic heterocycles. The average Bonchev–Trinajstić information content (AvgIpc) is 2.99. The second-order valence-electron chi connectivity index (χ2n) is 6.22. The van der Waals surface area contributed by atoms with E-state index in [1.165, 1.54) is 18.4 Å². The Bertz CT molecular complexity index is 567. The Morgan fingerprint density at radius 1 is 1.19 bits per heavy atom. The predicted octanol–water partition coefficient (Wildman–Crippen LogP) is 2.45. The Hall–Kier alpha value is -1.65. The standard InChI is InChI=1S/C17H24N4/c1-17(18-2)8-10-20(11-9-17)13-15-12-19-21(14-15)16-6-4-3-5-7-16/h3-7,12,14,18H,8-11,13H2,1-2H3. The maximum absolute atomic E-state index is 4.47. The third-order valence-corrected chi connectivity index (χ3v) is 4.63. The quantitative estimate of drug-likeness (QED) is 0.936. The van der Waals surface area contributed by atoms with E-state index < -0.39 is 0 Å². The Morgan fingerprint density at radius 2 is 1.90 bits per heavy atom. The molecule has 1 saturated heterocycles. The molecule has 0 amide bonds. The van der Waals surface area contributed by atoms with Crippen LogP contribution in [0.15, 0.2) is 42.7 Å². The van der Waals surface area contributed by atoms with Crippen molar-refractivity contribution in [2.24, 2.45) is 0 Å². The van der Waals surface area contributed by atoms with Crippen LogP contribution in [0.3, 0.4) is 0 Å². The molecule has 1 aliphatic rings. The van der Waals surface area contributed by atoms with Crippen molar-refractivity contribution in [2.45, 2.75) is 31.8 Å². The van der Waals surface area contributed by atoms with Crippen molar-refractivity contribution in [3.63, 3.8) is 0 Å². The number of nitrogens with one attached hydrogen (secondary N) is 1. The van der Waals surface area contributed by atoms with Gasteiger partial charge in [0, 0.05) is 36.9 Å². The number of likely N-dealkylation sites (tertiary alicyclic amines) is 1. The zero-order valence-corrected chi connectivity index (χ0v) is 12.9. The van der Waals surface area contributed by atoms with Gasteiger partial charge in [0.05, 0.1) is 11.9 Å². The second-order valence-corrected chi connectivity index (χ2v) is 6.22. The largest absolute Gasteiger partial charge is 0.314 e. The van der Waals surface area contributed by atoms with Crippen LogP contribution >= 0.6 is 0 Å². The molecule has 0 saturated carbocycles. The van der Waals surface area contributed by atoms with E-state index in [4.69, 9.17) is 0 Å². The van der Waals surface area contributed by atoms with Gasteiger partial charge in [-0.1, -0.05) is 18.2 Å². The Balaban J connectivity index is 1.61. The molecular weight excluding hydrogens is 260 g/mol. The summed E-state index contributed by atoms with van der Waals surface area (Å²) in [6.45, 7) is 5.60. The third-order valence-electron chi connectivity index (χ3n) is 4.63. The van der Waals surface area contributed by atoms with Crippen LogP contribution in [-0.2, 0) is 6.54 Å². The van der Waals surface area contributed by atoms with Crippen LogP contribution in [0.2, 0.25) is 0 Å². The Labute approximate surface area is 126 Å². The van der Waals surface area contributed by atoms with Gasteiger partial charge in [-0.05, 0) is 38.9 Å². The molecule has 0 aliphatic carbocycles. The lowest BCUT2D eigenvalue weighted by molar-refractivity contribution is 0.146. The van der Waals surface area contributed by atoms with Crippen LogP contribution in [0.4, 0.5) is 0 Å². The number of hydrogen-bond donors (Lipinski definition) is 1. The summed E-state index contributed by atoms with van der Waals surface area (Å²) in [5, 5.41) is 7.92. The van der Waals surface area contributed by atoms with Gasteiger partial charge in [0.2, 0.25) is 0 Å². The lowest BCUT2D eigenvalue weighted by atomic mass is 9.90. The summed E-state index contributed by atoms with van der Waals surface area (Å²) in [4.78, 5) is 2.52. The number of para-hydroxylation sites is 1. The first-order valence-corrected chi connectivity index (χ1v) is 7.69. The van der Waals surface area contributed by atoms with E-state index >= 15 is 0 Å². The summed E-state index contributed by atoms with van der Waals surface area (Å²) < 4.78 is 1.96. The first-order valence-electron chi connectivity index (χ1n) is 7.69. The number of benzene rings is 1. The van der Waals surface area contributed by atoms with E-state index in [-0.39, 0.29) is 0 Å². The van der Waals surface area contributed by atoms with E-state index in [1.807, 2.05) is 29.1 Å². The van der Waals surface area contributed by atoms with Crippen molar-refractivity contribution in [3.05, 3.63) is 48.3 Å². The number of piperidine rings is 1. The fraction of sp³-hybridized carbons (Fsp3) is 0.471. The summed E-state index contributed by atoms with van der Waals surface area (Å²) in [5.41, 5.74) is 2.71. The molecule has 1 N–H and O–H groups in total. The lowest BCUT2D eigenvalue weighted by Gasteiger charge is -2.39. The molecule has 1 aromatic carbocycles. The molecule has 21 heavy (non-hydrogen) atoms. The normalized spacial score (nSPS) is 18.8. The molecule has 2 aromatic rings. The summed E-state index contributed by atoms with van der Waals surface area (Å²) in [5.74, 6) is 0. The predicted molar refractivity (Wildman–Crippen MR) is 85.5 cm³/mol. The van der Waals surface area contributed by atoms with Crippen LogP contribution in [0.5, 0.6) is 0 Å². The van der Waals surface area contributed by atoms with Gasteiger partial charge in [0.15, 0.2) is 0 Å². The van der Waals surface area contributed by atoms with Gasteiger partial charge in [-0.3, -0.25) is 4.90 Å². The van der Waals surface area contributed by atoms with Crippen molar-refractivity contribution in [3.8, 4) is 5.69 Å². The fourth-order valence-electron chi connectivity index (χ4n) is 2.88. The van der Waals surface area contributed by atoms with Crippen molar-refractivity contribution in [1.29, 1.82) is 0 Å². The summed E-state index contributed by atoms with van der Waals surface area (Å²) >= 11 is 0. The summed E-state index contributed by atoms with van der Waals surface area (Å²) in [6, 6.07) is 10.3. The van der Waals surface area contributed by atoms with Gasteiger partial charge < -0.3 is 5.32 Å². The highest BCUT2D eigenvalue weighted by Gasteiger charge is 2.28. The molecule has 1 fully saturated rings. The van der Waals surface area contributed by atoms with Gasteiger partial charge in [-0.2, -0.15) is 5.10 Å². The van der Waals surface area contributed by atoms with Crippen LogP contribution in [-0.4, -0.2) is 40.4 Å². The van der Waals surface area contributed by atoms with Gasteiger partial charge in [-0.25, -0.2) is 4.68 Å². The SMILES string of the molecule is CNC1(C)CCN(Cc2cnn(-c3ccccc3)c2)CC1. The Morgan fingerprint density at radius 3 is 2.57 bits per heavy atom. The van der Waals surface area contributed by atoms with Crippen LogP contribution in [0.1, 0.15) is 25.3 Å². The first kappa shape index (κ1) is 14.3. The minimum Gasteiger partial charge on any atom is -0.314 e. The smallest absolute Gasteiger partial charge is 0.0645 e. The zero-order valence-electron chi connectivity index (χ0n) is 12.9. The Kier molecular flexibility index (Phi) is 4.08. The van der Waals surface area contributed by atoms with E-state index in [9.17, 15) is 0 Å². The highest BCUT2D eigenvalue weighted by molar-refractivity contribution is 5.30. The highest BCUT2D eigenvalue weighted by Crippen LogP contribution is 2.22. The maximum atomic E-state index is 4.47. The molecular formula is C17H24N4. The number of aromatic nitrogens is 2. The molecule has 0 bridgehead atoms. The van der Waals surface area contributed by atoms with E-state index in [0.717, 1.165) is 25.3 Å². The molecule has 4 heteroatoms. The van der Waals surface area contributed by atoms with Crippen LogP contribution in [0, 0.1) is 0 Å². The molecule has 112 valence electrons. The molecule has 2 heterocycles. The molecule has 0 atom stereocenters. The van der Waals surface area contributed by atoms with Crippen molar-refractivity contribution in [2.75, 3.05) is 20.1 Å². The second kappa shape index (κ2) is 6.00. The van der Waals surface area contributed by atoms with Crippen molar-refractivity contribution >= 4 is 0 Å². The topological polar surface area (TPSA) is 33.1 Å². The van der Waals surface area contributed by atoms with E-state index in [1.54, 1.807) is 0 Å². The third kappa shape index (κ3) is 3.34. The molecule has 0 spiro atoms. The number of nitrogens with zero attached hydrogens (tertiary/aromatic N) is 3. The van der Waals surface area contributed by atoms with Gasteiger partial charge >= 0.3 is 0 Å². The highest BCUT2D eigenvalue weighted by atomic mass is 15.3. The van der Waals surface area contributed by atoms with E-state index in [2.05, 4.69) is 47.6 Å². The van der Waals surface area contributed by atoms with Crippen molar-refractivity contribution < 1.29 is 0 Å². The molecule has 4 nitrogen and oxygen atoms in total. The first-order chi connectivity index (χ1) is 10.2. The van der Waals surface area contributed by atoms with Gasteiger partial charge in [-0.15, -0.1) is 0 Å².